The molecule has 0 radical (unpaired) electrons. The van der Waals surface area contributed by atoms with Gasteiger partial charge in [0.05, 0.1) is 10.7 Å². The number of nitrogens with one attached hydrogen (secondary N) is 3. The number of carbonyl (C=O) groups is 2. The second-order valence-corrected chi connectivity index (χ2v) is 6.47. The summed E-state index contributed by atoms with van der Waals surface area (Å²) in [6.45, 7) is 2.90. The predicted molar refractivity (Wildman–Crippen MR) is 104 cm³/mol. The van der Waals surface area contributed by atoms with Gasteiger partial charge >= 0.3 is 0 Å². The van der Waals surface area contributed by atoms with E-state index in [-0.39, 0.29) is 24.2 Å². The Hall–Kier alpha value is -2.09. The highest BCUT2D eigenvalue weighted by atomic mass is 35.5. The van der Waals surface area contributed by atoms with Crippen LogP contribution in [0, 0.1) is 0 Å². The molecule has 1 aromatic heterocycles. The monoisotopic (exact) mass is 397 g/mol. The number of nitrogens with zero attached hydrogens (tertiary/aromatic N) is 2. The Morgan fingerprint density at radius 3 is 2.58 bits per heavy atom. The molecule has 3 N–H and O–H groups in total. The topological polar surface area (TPSA) is 88.1 Å². The van der Waals surface area contributed by atoms with Gasteiger partial charge < -0.3 is 16.0 Å². The Morgan fingerprint density at radius 1 is 1.27 bits per heavy atom. The summed E-state index contributed by atoms with van der Waals surface area (Å²) in [5.41, 5.74) is 0.363. The Morgan fingerprint density at radius 2 is 2.00 bits per heavy atom. The molecule has 1 aromatic carbocycles. The maximum absolute atomic E-state index is 13.0. The van der Waals surface area contributed by atoms with Crippen LogP contribution in [0.1, 0.15) is 19.8 Å². The van der Waals surface area contributed by atoms with E-state index in [1.165, 1.54) is 6.92 Å². The van der Waals surface area contributed by atoms with E-state index in [1.54, 1.807) is 29.1 Å². The standard InChI is InChI=1S/C17H20ClN5O2.ClH/c1-12(24)21-15-4-3-13(11-14(15)18)22-16(25)17(5-8-19-9-6-17)23-10-2-7-20-23;/h2-4,7,10-11,19H,5-6,8-9H2,1H3,(H,21,24)(H,22,25);1H. The summed E-state index contributed by atoms with van der Waals surface area (Å²) in [6.07, 6.45) is 4.80. The molecule has 0 unspecified atom stereocenters. The number of aromatic nitrogens is 2. The van der Waals surface area contributed by atoms with Crippen LogP contribution in [0.5, 0.6) is 0 Å². The van der Waals surface area contributed by atoms with Gasteiger partial charge in [0.1, 0.15) is 5.54 Å². The lowest BCUT2D eigenvalue weighted by atomic mass is 9.87. The van der Waals surface area contributed by atoms with Crippen LogP contribution < -0.4 is 16.0 Å². The third-order valence-electron chi connectivity index (χ3n) is 4.33. The van der Waals surface area contributed by atoms with Crippen LogP contribution in [-0.2, 0) is 15.1 Å². The lowest BCUT2D eigenvalue weighted by Gasteiger charge is -2.36. The van der Waals surface area contributed by atoms with Gasteiger partial charge in [-0.1, -0.05) is 11.6 Å². The molecule has 1 aliphatic heterocycles. The zero-order valence-electron chi connectivity index (χ0n) is 14.3. The van der Waals surface area contributed by atoms with Crippen molar-refractivity contribution in [2.24, 2.45) is 0 Å². The zero-order valence-corrected chi connectivity index (χ0v) is 15.9. The number of benzene rings is 1. The number of anilines is 2. The largest absolute Gasteiger partial charge is 0.325 e. The molecular weight excluding hydrogens is 377 g/mol. The van der Waals surface area contributed by atoms with Crippen LogP contribution in [0.4, 0.5) is 11.4 Å². The molecule has 7 nitrogen and oxygen atoms in total. The normalized spacial score (nSPS) is 15.6. The average Bonchev–Trinajstić information content (AvgIpc) is 3.12. The summed E-state index contributed by atoms with van der Waals surface area (Å²) in [5.74, 6) is -0.327. The van der Waals surface area contributed by atoms with E-state index >= 15 is 0 Å². The molecule has 0 spiro atoms. The van der Waals surface area contributed by atoms with Crippen LogP contribution in [-0.4, -0.2) is 34.7 Å². The summed E-state index contributed by atoms with van der Waals surface area (Å²) in [5, 5.41) is 13.5. The van der Waals surface area contributed by atoms with Crippen molar-refractivity contribution in [3.63, 3.8) is 0 Å². The van der Waals surface area contributed by atoms with E-state index in [0.717, 1.165) is 13.1 Å². The van der Waals surface area contributed by atoms with Crippen molar-refractivity contribution in [2.45, 2.75) is 25.3 Å². The Bertz CT molecular complexity index is 773. The molecule has 3 rings (SSSR count). The van der Waals surface area contributed by atoms with Gasteiger partial charge in [-0.05, 0) is 50.2 Å². The third-order valence-corrected chi connectivity index (χ3v) is 4.65. The molecule has 0 atom stereocenters. The molecule has 1 fully saturated rings. The highest BCUT2D eigenvalue weighted by Crippen LogP contribution is 2.30. The summed E-state index contributed by atoms with van der Waals surface area (Å²) in [7, 11) is 0. The summed E-state index contributed by atoms with van der Waals surface area (Å²) in [6, 6.07) is 6.83. The summed E-state index contributed by atoms with van der Waals surface area (Å²) < 4.78 is 1.73. The number of rotatable bonds is 4. The van der Waals surface area contributed by atoms with Crippen LogP contribution in [0.3, 0.4) is 0 Å². The fourth-order valence-electron chi connectivity index (χ4n) is 3.05. The summed E-state index contributed by atoms with van der Waals surface area (Å²) in [4.78, 5) is 24.2. The van der Waals surface area contributed by atoms with Gasteiger partial charge in [0.15, 0.2) is 0 Å². The van der Waals surface area contributed by atoms with Gasteiger partial charge in [-0.3, -0.25) is 14.3 Å². The highest BCUT2D eigenvalue weighted by molar-refractivity contribution is 6.34. The molecular formula is C17H21Cl2N5O2. The Balaban J connectivity index is 0.00000243. The molecule has 26 heavy (non-hydrogen) atoms. The average molecular weight is 398 g/mol. The molecule has 1 saturated heterocycles. The minimum atomic E-state index is -0.725. The van der Waals surface area contributed by atoms with Gasteiger partial charge in [-0.15, -0.1) is 12.4 Å². The van der Waals surface area contributed by atoms with Crippen molar-refractivity contribution >= 4 is 47.2 Å². The molecule has 1 aliphatic rings. The van der Waals surface area contributed by atoms with Crippen molar-refractivity contribution < 1.29 is 9.59 Å². The fourth-order valence-corrected chi connectivity index (χ4v) is 3.28. The molecule has 0 aliphatic carbocycles. The quantitative estimate of drug-likeness (QED) is 0.739. The minimum Gasteiger partial charge on any atom is -0.325 e. The lowest BCUT2D eigenvalue weighted by molar-refractivity contribution is -0.126. The molecule has 2 heterocycles. The van der Waals surface area contributed by atoms with E-state index in [2.05, 4.69) is 21.0 Å². The first kappa shape index (κ1) is 20.2. The van der Waals surface area contributed by atoms with Gasteiger partial charge in [-0.25, -0.2) is 0 Å². The van der Waals surface area contributed by atoms with Crippen LogP contribution in [0.15, 0.2) is 36.7 Å². The van der Waals surface area contributed by atoms with E-state index in [4.69, 9.17) is 11.6 Å². The maximum atomic E-state index is 13.0. The molecule has 0 bridgehead atoms. The van der Waals surface area contributed by atoms with Crippen molar-refractivity contribution in [3.05, 3.63) is 41.7 Å². The first-order valence-electron chi connectivity index (χ1n) is 8.11. The number of amides is 2. The third kappa shape index (κ3) is 4.17. The van der Waals surface area contributed by atoms with Crippen molar-refractivity contribution in [3.8, 4) is 0 Å². The number of halogens is 2. The smallest absolute Gasteiger partial charge is 0.252 e. The molecule has 140 valence electrons. The SMILES string of the molecule is CC(=O)Nc1ccc(NC(=O)C2(n3cccn3)CCNCC2)cc1Cl.Cl. The van der Waals surface area contributed by atoms with Crippen molar-refractivity contribution in [1.82, 2.24) is 15.1 Å². The molecule has 9 heteroatoms. The molecule has 0 saturated carbocycles. The van der Waals surface area contributed by atoms with Gasteiger partial charge in [0, 0.05) is 25.0 Å². The molecule has 2 amide bonds. The molecule has 2 aromatic rings. The Labute approximate surface area is 162 Å². The van der Waals surface area contributed by atoms with Crippen LogP contribution >= 0.6 is 24.0 Å². The van der Waals surface area contributed by atoms with Gasteiger partial charge in [0.25, 0.3) is 5.91 Å². The van der Waals surface area contributed by atoms with Crippen molar-refractivity contribution in [2.75, 3.05) is 23.7 Å². The Kier molecular flexibility index (Phi) is 6.63. The van der Waals surface area contributed by atoms with Crippen LogP contribution in [0.2, 0.25) is 5.02 Å². The maximum Gasteiger partial charge on any atom is 0.252 e. The fraction of sp³-hybridized carbons (Fsp3) is 0.353. The van der Waals surface area contributed by atoms with Gasteiger partial charge in [-0.2, -0.15) is 5.10 Å². The van der Waals surface area contributed by atoms with Crippen molar-refractivity contribution in [1.29, 1.82) is 0 Å². The number of hydrogen-bond donors (Lipinski definition) is 3. The van der Waals surface area contributed by atoms with E-state index < -0.39 is 5.54 Å². The first-order valence-corrected chi connectivity index (χ1v) is 8.48. The van der Waals surface area contributed by atoms with E-state index in [1.807, 2.05) is 12.3 Å². The predicted octanol–water partition coefficient (Wildman–Crippen LogP) is 2.63. The second kappa shape index (κ2) is 8.53. The van der Waals surface area contributed by atoms with E-state index in [0.29, 0.717) is 29.2 Å². The lowest BCUT2D eigenvalue weighted by Crippen LogP contribution is -2.52. The van der Waals surface area contributed by atoms with Gasteiger partial charge in [0.2, 0.25) is 5.91 Å². The van der Waals surface area contributed by atoms with Crippen LogP contribution in [0.25, 0.3) is 0 Å². The number of carbonyl (C=O) groups excluding carboxylic acids is 2. The zero-order chi connectivity index (χ0) is 17.9. The number of hydrogen-bond acceptors (Lipinski definition) is 4. The highest BCUT2D eigenvalue weighted by Gasteiger charge is 2.42. The summed E-state index contributed by atoms with van der Waals surface area (Å²) >= 11 is 6.18. The number of piperidine rings is 1. The minimum absolute atomic E-state index is 0. The van der Waals surface area contributed by atoms with E-state index in [9.17, 15) is 9.59 Å². The second-order valence-electron chi connectivity index (χ2n) is 6.06. The first-order chi connectivity index (χ1) is 12.0.